The lowest BCUT2D eigenvalue weighted by Gasteiger charge is -2.20. The van der Waals surface area contributed by atoms with Gasteiger partial charge in [-0.3, -0.25) is 9.59 Å². The van der Waals surface area contributed by atoms with E-state index >= 15 is 0 Å². The Morgan fingerprint density at radius 2 is 1.74 bits per heavy atom. The van der Waals surface area contributed by atoms with E-state index in [9.17, 15) is 9.59 Å². The van der Waals surface area contributed by atoms with Crippen molar-refractivity contribution in [1.82, 2.24) is 5.32 Å². The molecule has 5 N–H and O–H groups in total. The Hall–Kier alpha value is -2.42. The third kappa shape index (κ3) is 13.9. The van der Waals surface area contributed by atoms with Crippen molar-refractivity contribution in [2.45, 2.75) is 77.2 Å². The molecule has 1 saturated carbocycles. The first kappa shape index (κ1) is 30.6. The molecule has 3 rings (SSSR count). The Labute approximate surface area is 215 Å². The minimum Gasteiger partial charge on any atom is -0.493 e. The second-order valence-corrected chi connectivity index (χ2v) is 9.99. The van der Waals surface area contributed by atoms with Crippen molar-refractivity contribution in [1.29, 1.82) is 0 Å². The fourth-order valence-electron chi connectivity index (χ4n) is 4.19. The summed E-state index contributed by atoms with van der Waals surface area (Å²) in [5.74, 6) is 4.02. The molecule has 8 nitrogen and oxygen atoms in total. The topological polar surface area (TPSA) is 129 Å². The van der Waals surface area contributed by atoms with E-state index in [-0.39, 0.29) is 12.4 Å². The molecule has 0 bridgehead atoms. The van der Waals surface area contributed by atoms with Crippen LogP contribution in [0.5, 0.6) is 11.5 Å². The number of guanidine groups is 1. The quantitative estimate of drug-likeness (QED) is 0.274. The minimum atomic E-state index is -0.405. The Kier molecular flexibility index (Phi) is 16.5. The van der Waals surface area contributed by atoms with Crippen molar-refractivity contribution < 1.29 is 19.1 Å². The van der Waals surface area contributed by atoms with E-state index < -0.39 is 5.91 Å². The lowest BCUT2D eigenvalue weighted by molar-refractivity contribution is -0.117. The van der Waals surface area contributed by atoms with Crippen molar-refractivity contribution in [3.63, 3.8) is 0 Å². The van der Waals surface area contributed by atoms with E-state index in [4.69, 9.17) is 20.9 Å². The van der Waals surface area contributed by atoms with Crippen LogP contribution in [0.3, 0.4) is 0 Å². The second kappa shape index (κ2) is 18.9. The summed E-state index contributed by atoms with van der Waals surface area (Å²) in [6, 6.07) is 5.64. The highest BCUT2D eigenvalue weighted by Gasteiger charge is 2.12. The number of hydrogen-bond acceptors (Lipinski definition) is 5. The summed E-state index contributed by atoms with van der Waals surface area (Å²) >= 11 is 1.97. The van der Waals surface area contributed by atoms with E-state index in [2.05, 4.69) is 17.2 Å². The van der Waals surface area contributed by atoms with E-state index in [1.807, 2.05) is 11.8 Å². The van der Waals surface area contributed by atoms with Crippen LogP contribution in [0.15, 0.2) is 23.2 Å². The number of nitrogens with zero attached hydrogens (tertiary/aromatic N) is 1. The summed E-state index contributed by atoms with van der Waals surface area (Å²) in [4.78, 5) is 24.7. The Balaban J connectivity index is 0.000000286. The second-order valence-electron chi connectivity index (χ2n) is 8.76. The first-order valence-electron chi connectivity index (χ1n) is 12.5. The van der Waals surface area contributed by atoms with Crippen LogP contribution in [-0.2, 0) is 16.0 Å². The Morgan fingerprint density at radius 3 is 2.29 bits per heavy atom. The maximum Gasteiger partial charge on any atom is 0.253 e. The maximum atomic E-state index is 11.4. The predicted octanol–water partition coefficient (Wildman–Crippen LogP) is 4.04. The first-order valence-corrected chi connectivity index (χ1v) is 13.7. The van der Waals surface area contributed by atoms with E-state index in [0.717, 1.165) is 30.7 Å². The number of nitrogens with one attached hydrogen (secondary N) is 1. The molecule has 1 saturated heterocycles. The number of methoxy groups -OCH3 is 2. The highest BCUT2D eigenvalue weighted by molar-refractivity contribution is 7.99. The maximum absolute atomic E-state index is 11.4. The molecule has 2 amide bonds. The van der Waals surface area contributed by atoms with Crippen LogP contribution in [0.2, 0.25) is 0 Å². The van der Waals surface area contributed by atoms with Crippen molar-refractivity contribution in [3.8, 4) is 11.5 Å². The number of nitrogens with two attached hydrogens (primary N) is 2. The third-order valence-electron chi connectivity index (χ3n) is 6.00. The van der Waals surface area contributed by atoms with Crippen LogP contribution in [0.25, 0.3) is 0 Å². The number of ether oxygens (including phenoxy) is 2. The first-order chi connectivity index (χ1) is 16.9. The Bertz CT molecular complexity index is 757. The summed E-state index contributed by atoms with van der Waals surface area (Å²) in [5, 5.41) is 2.79. The van der Waals surface area contributed by atoms with Gasteiger partial charge in [-0.2, -0.15) is 16.8 Å². The van der Waals surface area contributed by atoms with Gasteiger partial charge in [0.05, 0.1) is 20.6 Å². The monoisotopic (exact) mass is 508 g/mol. The molecule has 198 valence electrons. The molecular weight excluding hydrogens is 464 g/mol. The standard InChI is InChI=1S/C11H15N3O3.C9H18.C6H11NOS/c1-16-8-4-3-7(5-9(8)17-2)6-10(15)14-11(12)13;1-2-6-9-7-4-3-5-8-9;8-5-7-6-1-3-9-4-2-6/h3-5H,6H2,1-2H3,(H4,12,13,14,15);9H,2-8H2,1H3;5-6H,1-4H2,(H,7,8). The van der Waals surface area contributed by atoms with Crippen LogP contribution in [0.1, 0.15) is 70.3 Å². The summed E-state index contributed by atoms with van der Waals surface area (Å²) in [6.45, 7) is 2.30. The molecule has 0 unspecified atom stereocenters. The molecule has 1 aromatic carbocycles. The van der Waals surface area contributed by atoms with Gasteiger partial charge in [-0.15, -0.1) is 0 Å². The fourth-order valence-corrected chi connectivity index (χ4v) is 5.30. The SMILES string of the molecule is CCCC1CCCCC1.COc1ccc(CC(=O)N=C(N)N)cc1OC.O=CNC1CCSCC1. The number of carbonyl (C=O) groups is 2. The van der Waals surface area contributed by atoms with Crippen molar-refractivity contribution in [2.24, 2.45) is 22.4 Å². The highest BCUT2D eigenvalue weighted by Crippen LogP contribution is 2.28. The predicted molar refractivity (Wildman–Crippen MR) is 145 cm³/mol. The van der Waals surface area contributed by atoms with Crippen LogP contribution in [0, 0.1) is 5.92 Å². The fraction of sp³-hybridized carbons (Fsp3) is 0.654. The van der Waals surface area contributed by atoms with Crippen LogP contribution < -0.4 is 26.3 Å². The van der Waals surface area contributed by atoms with Crippen LogP contribution >= 0.6 is 11.8 Å². The van der Waals surface area contributed by atoms with Crippen molar-refractivity contribution >= 4 is 30.0 Å². The van der Waals surface area contributed by atoms with Gasteiger partial charge in [0.1, 0.15) is 0 Å². The molecule has 1 aromatic rings. The zero-order chi connectivity index (χ0) is 25.9. The van der Waals surface area contributed by atoms with Gasteiger partial charge < -0.3 is 26.3 Å². The van der Waals surface area contributed by atoms with Gasteiger partial charge >= 0.3 is 0 Å². The van der Waals surface area contributed by atoms with Crippen molar-refractivity contribution in [3.05, 3.63) is 23.8 Å². The lowest BCUT2D eigenvalue weighted by Crippen LogP contribution is -2.31. The zero-order valence-electron chi connectivity index (χ0n) is 21.6. The average molecular weight is 509 g/mol. The molecule has 2 aliphatic rings. The van der Waals surface area contributed by atoms with Crippen LogP contribution in [0.4, 0.5) is 0 Å². The van der Waals surface area contributed by atoms with Gasteiger partial charge in [0.15, 0.2) is 17.5 Å². The summed E-state index contributed by atoms with van der Waals surface area (Å²) in [5.41, 5.74) is 11.0. The number of aliphatic imine (C=N–C) groups is 1. The largest absolute Gasteiger partial charge is 0.493 e. The lowest BCUT2D eigenvalue weighted by atomic mass is 9.86. The molecule has 1 aliphatic heterocycles. The molecule has 0 atom stereocenters. The molecule has 1 aliphatic carbocycles. The summed E-state index contributed by atoms with van der Waals surface area (Å²) in [7, 11) is 3.07. The molecule has 0 spiro atoms. The summed E-state index contributed by atoms with van der Waals surface area (Å²) < 4.78 is 10.2. The van der Waals surface area contributed by atoms with E-state index in [1.54, 1.807) is 25.3 Å². The normalized spacial score (nSPS) is 15.9. The number of carbonyl (C=O) groups excluding carboxylic acids is 2. The summed E-state index contributed by atoms with van der Waals surface area (Å²) in [6.07, 6.45) is 13.6. The minimum absolute atomic E-state index is 0.109. The highest BCUT2D eigenvalue weighted by atomic mass is 32.2. The third-order valence-corrected chi connectivity index (χ3v) is 7.05. The number of thioether (sulfide) groups is 1. The molecule has 1 heterocycles. The molecule has 9 heteroatoms. The smallest absolute Gasteiger partial charge is 0.253 e. The zero-order valence-corrected chi connectivity index (χ0v) is 22.4. The molecule has 0 aromatic heterocycles. The van der Waals surface area contributed by atoms with Crippen molar-refractivity contribution in [2.75, 3.05) is 25.7 Å². The van der Waals surface area contributed by atoms with Gasteiger partial charge in [-0.1, -0.05) is 57.9 Å². The number of amides is 2. The van der Waals surface area contributed by atoms with Gasteiger partial charge in [-0.05, 0) is 48.0 Å². The molecule has 0 radical (unpaired) electrons. The van der Waals surface area contributed by atoms with Gasteiger partial charge in [0.25, 0.3) is 5.91 Å². The molecular formula is C26H44N4O4S. The van der Waals surface area contributed by atoms with Gasteiger partial charge in [0, 0.05) is 6.04 Å². The number of hydrogen-bond donors (Lipinski definition) is 3. The average Bonchev–Trinajstić information content (AvgIpc) is 2.86. The van der Waals surface area contributed by atoms with E-state index in [0.29, 0.717) is 17.5 Å². The van der Waals surface area contributed by atoms with E-state index in [1.165, 1.54) is 63.6 Å². The Morgan fingerprint density at radius 1 is 1.09 bits per heavy atom. The number of benzene rings is 1. The molecule has 2 fully saturated rings. The molecule has 35 heavy (non-hydrogen) atoms. The van der Waals surface area contributed by atoms with Gasteiger partial charge in [0.2, 0.25) is 6.41 Å². The van der Waals surface area contributed by atoms with Crippen LogP contribution in [-0.4, -0.2) is 50.0 Å². The number of rotatable bonds is 8. The van der Waals surface area contributed by atoms with Gasteiger partial charge in [-0.25, -0.2) is 0 Å².